The first-order valence-corrected chi connectivity index (χ1v) is 8.32. The van der Waals surface area contributed by atoms with Crippen molar-refractivity contribution in [3.63, 3.8) is 0 Å². The first kappa shape index (κ1) is 15.6. The molecule has 0 saturated carbocycles. The van der Waals surface area contributed by atoms with E-state index in [0.717, 1.165) is 12.1 Å². The van der Waals surface area contributed by atoms with E-state index in [1.807, 2.05) is 18.2 Å². The van der Waals surface area contributed by atoms with Crippen molar-refractivity contribution >= 4 is 10.0 Å². The highest BCUT2D eigenvalue weighted by Crippen LogP contribution is 2.07. The molecule has 2 rings (SSSR count). The predicted molar refractivity (Wildman–Crippen MR) is 79.6 cm³/mol. The summed E-state index contributed by atoms with van der Waals surface area (Å²) in [7, 11) is -3.39. The molecule has 1 N–H and O–H groups in total. The molecule has 0 spiro atoms. The molecule has 2 aromatic rings. The van der Waals surface area contributed by atoms with Crippen LogP contribution in [-0.2, 0) is 22.2 Å². The van der Waals surface area contributed by atoms with Gasteiger partial charge in [0.05, 0.1) is 5.75 Å². The Labute approximate surface area is 124 Å². The molecule has 112 valence electrons. The minimum Gasteiger partial charge on any atom is -0.261 e. The molecule has 0 aliphatic rings. The number of aryl methyl sites for hydroxylation is 1. The third-order valence-corrected chi connectivity index (χ3v) is 4.29. The molecule has 0 amide bonds. The molecule has 1 aromatic heterocycles. The average Bonchev–Trinajstić information content (AvgIpc) is 2.47. The van der Waals surface area contributed by atoms with Gasteiger partial charge in [0.15, 0.2) is 0 Å². The second-order valence-electron chi connectivity index (χ2n) is 4.70. The van der Waals surface area contributed by atoms with Crippen molar-refractivity contribution in [2.45, 2.75) is 18.6 Å². The first-order chi connectivity index (χ1) is 10.1. The molecule has 4 nitrogen and oxygen atoms in total. The van der Waals surface area contributed by atoms with E-state index in [9.17, 15) is 12.8 Å². The SMILES string of the molecule is O=S(=O)(Cc1ccc(F)cc1)NCCCc1ccccn1. The number of rotatable bonds is 7. The smallest absolute Gasteiger partial charge is 0.215 e. The largest absolute Gasteiger partial charge is 0.261 e. The lowest BCUT2D eigenvalue weighted by Crippen LogP contribution is -2.26. The monoisotopic (exact) mass is 308 g/mol. The van der Waals surface area contributed by atoms with Crippen LogP contribution >= 0.6 is 0 Å². The van der Waals surface area contributed by atoms with Crippen LogP contribution in [0, 0.1) is 5.82 Å². The van der Waals surface area contributed by atoms with Gasteiger partial charge in [-0.1, -0.05) is 18.2 Å². The fourth-order valence-electron chi connectivity index (χ4n) is 1.89. The van der Waals surface area contributed by atoms with Crippen LogP contribution in [0.15, 0.2) is 48.7 Å². The standard InChI is InChI=1S/C15H17FN2O2S/c16-14-8-6-13(7-9-14)12-21(19,20)18-11-3-5-15-4-1-2-10-17-15/h1-2,4,6-10,18H,3,5,11-12H2. The Morgan fingerprint density at radius 1 is 1.10 bits per heavy atom. The van der Waals surface area contributed by atoms with Crippen molar-refractivity contribution in [1.29, 1.82) is 0 Å². The average molecular weight is 308 g/mol. The molecular formula is C15H17FN2O2S. The summed E-state index contributed by atoms with van der Waals surface area (Å²) in [6, 6.07) is 11.1. The molecule has 0 fully saturated rings. The maximum Gasteiger partial charge on any atom is 0.215 e. The highest BCUT2D eigenvalue weighted by atomic mass is 32.2. The van der Waals surface area contributed by atoms with Crippen molar-refractivity contribution in [3.05, 3.63) is 65.7 Å². The van der Waals surface area contributed by atoms with E-state index in [1.165, 1.54) is 24.3 Å². The first-order valence-electron chi connectivity index (χ1n) is 6.67. The summed E-state index contributed by atoms with van der Waals surface area (Å²) in [6.07, 6.45) is 3.12. The fraction of sp³-hybridized carbons (Fsp3) is 0.267. The molecule has 21 heavy (non-hydrogen) atoms. The highest BCUT2D eigenvalue weighted by Gasteiger charge is 2.10. The minimum atomic E-state index is -3.39. The maximum absolute atomic E-state index is 12.8. The van der Waals surface area contributed by atoms with Gasteiger partial charge < -0.3 is 0 Å². The van der Waals surface area contributed by atoms with Crippen molar-refractivity contribution in [2.24, 2.45) is 0 Å². The molecule has 1 heterocycles. The van der Waals surface area contributed by atoms with Gasteiger partial charge in [-0.3, -0.25) is 4.98 Å². The summed E-state index contributed by atoms with van der Waals surface area (Å²) >= 11 is 0. The Balaban J connectivity index is 1.77. The number of sulfonamides is 1. The Morgan fingerprint density at radius 2 is 1.86 bits per heavy atom. The van der Waals surface area contributed by atoms with E-state index in [2.05, 4.69) is 9.71 Å². The van der Waals surface area contributed by atoms with Gasteiger partial charge in [-0.15, -0.1) is 0 Å². The quantitative estimate of drug-likeness (QED) is 0.798. The van der Waals surface area contributed by atoms with E-state index in [0.29, 0.717) is 18.5 Å². The summed E-state index contributed by atoms with van der Waals surface area (Å²) in [5.41, 5.74) is 1.50. The second-order valence-corrected chi connectivity index (χ2v) is 6.51. The number of benzene rings is 1. The number of hydrogen-bond donors (Lipinski definition) is 1. The maximum atomic E-state index is 12.8. The van der Waals surface area contributed by atoms with E-state index in [4.69, 9.17) is 0 Å². The lowest BCUT2D eigenvalue weighted by Gasteiger charge is -2.06. The molecule has 0 unspecified atom stereocenters. The number of nitrogens with one attached hydrogen (secondary N) is 1. The lowest BCUT2D eigenvalue weighted by atomic mass is 10.2. The number of nitrogens with zero attached hydrogens (tertiary/aromatic N) is 1. The number of halogens is 1. The summed E-state index contributed by atoms with van der Waals surface area (Å²) in [5.74, 6) is -0.517. The van der Waals surface area contributed by atoms with Crippen LogP contribution in [0.5, 0.6) is 0 Å². The van der Waals surface area contributed by atoms with Crippen LogP contribution < -0.4 is 4.72 Å². The third-order valence-electron chi connectivity index (χ3n) is 2.93. The van der Waals surface area contributed by atoms with Crippen LogP contribution in [0.2, 0.25) is 0 Å². The number of pyridine rings is 1. The molecular weight excluding hydrogens is 291 g/mol. The van der Waals surface area contributed by atoms with E-state index >= 15 is 0 Å². The normalized spacial score (nSPS) is 11.5. The Morgan fingerprint density at radius 3 is 2.52 bits per heavy atom. The fourth-order valence-corrected chi connectivity index (χ4v) is 3.08. The molecule has 0 aliphatic heterocycles. The van der Waals surface area contributed by atoms with Gasteiger partial charge in [0.25, 0.3) is 0 Å². The van der Waals surface area contributed by atoms with Crippen LogP contribution in [0.1, 0.15) is 17.7 Å². The minimum absolute atomic E-state index is 0.142. The van der Waals surface area contributed by atoms with E-state index in [1.54, 1.807) is 6.20 Å². The van der Waals surface area contributed by atoms with Gasteiger partial charge >= 0.3 is 0 Å². The van der Waals surface area contributed by atoms with Crippen molar-refractivity contribution in [1.82, 2.24) is 9.71 Å². The molecule has 0 bridgehead atoms. The van der Waals surface area contributed by atoms with E-state index in [-0.39, 0.29) is 11.6 Å². The topological polar surface area (TPSA) is 59.1 Å². The van der Waals surface area contributed by atoms with Gasteiger partial charge in [0, 0.05) is 18.4 Å². The zero-order valence-corrected chi connectivity index (χ0v) is 12.3. The van der Waals surface area contributed by atoms with Gasteiger partial charge in [-0.05, 0) is 42.7 Å². The predicted octanol–water partition coefficient (Wildman–Crippen LogP) is 2.27. The van der Waals surface area contributed by atoms with E-state index < -0.39 is 10.0 Å². The van der Waals surface area contributed by atoms with Gasteiger partial charge in [0.2, 0.25) is 10.0 Å². The zero-order valence-electron chi connectivity index (χ0n) is 11.5. The summed E-state index contributed by atoms with van der Waals surface area (Å²) in [5, 5.41) is 0. The van der Waals surface area contributed by atoms with Crippen LogP contribution in [0.25, 0.3) is 0 Å². The summed E-state index contributed by atoms with van der Waals surface area (Å²) in [4.78, 5) is 4.18. The van der Waals surface area contributed by atoms with Gasteiger partial charge in [-0.2, -0.15) is 0 Å². The summed E-state index contributed by atoms with van der Waals surface area (Å²) < 4.78 is 39.1. The molecule has 1 aromatic carbocycles. The highest BCUT2D eigenvalue weighted by molar-refractivity contribution is 7.88. The molecule has 0 atom stereocenters. The Hall–Kier alpha value is -1.79. The van der Waals surface area contributed by atoms with Crippen LogP contribution in [-0.4, -0.2) is 19.9 Å². The summed E-state index contributed by atoms with van der Waals surface area (Å²) in [6.45, 7) is 0.361. The Kier molecular flexibility index (Phi) is 5.41. The van der Waals surface area contributed by atoms with Crippen LogP contribution in [0.3, 0.4) is 0 Å². The molecule has 6 heteroatoms. The Bertz CT molecular complexity index is 658. The van der Waals surface area contributed by atoms with Crippen molar-refractivity contribution in [3.8, 4) is 0 Å². The zero-order chi connectivity index (χ0) is 15.1. The van der Waals surface area contributed by atoms with Crippen LogP contribution in [0.4, 0.5) is 4.39 Å². The van der Waals surface area contributed by atoms with Gasteiger partial charge in [-0.25, -0.2) is 17.5 Å². The second kappa shape index (κ2) is 7.28. The lowest BCUT2D eigenvalue weighted by molar-refractivity contribution is 0.577. The molecule has 0 aliphatic carbocycles. The number of aromatic nitrogens is 1. The van der Waals surface area contributed by atoms with Crippen molar-refractivity contribution < 1.29 is 12.8 Å². The molecule has 0 saturated heterocycles. The number of hydrogen-bond acceptors (Lipinski definition) is 3. The molecule has 0 radical (unpaired) electrons. The van der Waals surface area contributed by atoms with Crippen molar-refractivity contribution in [2.75, 3.05) is 6.54 Å². The third kappa shape index (κ3) is 5.61. The van der Waals surface area contributed by atoms with Gasteiger partial charge in [0.1, 0.15) is 5.82 Å².